The van der Waals surface area contributed by atoms with Gasteiger partial charge in [-0.3, -0.25) is 4.90 Å². The summed E-state index contributed by atoms with van der Waals surface area (Å²) in [7, 11) is 4.55. The van der Waals surface area contributed by atoms with Gasteiger partial charge < -0.3 is 5.32 Å². The molecular weight excluding hydrogens is 232 g/mol. The molecule has 2 rings (SSSR count). The largest absolute Gasteiger partial charge is 0.315 e. The molecule has 1 N–H and O–H groups in total. The highest BCUT2D eigenvalue weighted by atomic mass is 15.2. The fraction of sp³-hybridized carbons (Fsp3) is 1.00. The van der Waals surface area contributed by atoms with Crippen molar-refractivity contribution >= 4 is 0 Å². The van der Waals surface area contributed by atoms with Crippen molar-refractivity contribution in [3.63, 3.8) is 0 Å². The standard InChI is InChI=1S/C17H34N2/c1-5-14-9-10-16(18-3)17(12-14)19(4)15-8-6-7-13(2)11-15/h13-18H,5-12H2,1-4H3. The highest BCUT2D eigenvalue weighted by molar-refractivity contribution is 4.92. The fourth-order valence-corrected chi connectivity index (χ4v) is 4.43. The Morgan fingerprint density at radius 3 is 2.53 bits per heavy atom. The summed E-state index contributed by atoms with van der Waals surface area (Å²) in [5, 5.41) is 3.59. The molecule has 2 nitrogen and oxygen atoms in total. The smallest absolute Gasteiger partial charge is 0.0251 e. The van der Waals surface area contributed by atoms with E-state index in [0.29, 0.717) is 6.04 Å². The second-order valence-corrected chi connectivity index (χ2v) is 7.14. The van der Waals surface area contributed by atoms with E-state index in [4.69, 9.17) is 0 Å². The molecule has 2 aliphatic carbocycles. The summed E-state index contributed by atoms with van der Waals surface area (Å²) >= 11 is 0. The summed E-state index contributed by atoms with van der Waals surface area (Å²) in [6, 6.07) is 2.31. The Hall–Kier alpha value is -0.0800. The van der Waals surface area contributed by atoms with Gasteiger partial charge in [-0.05, 0) is 58.0 Å². The number of nitrogens with one attached hydrogen (secondary N) is 1. The molecule has 2 fully saturated rings. The molecule has 0 heterocycles. The summed E-state index contributed by atoms with van der Waals surface area (Å²) in [5.74, 6) is 1.89. The highest BCUT2D eigenvalue weighted by Crippen LogP contribution is 2.34. The van der Waals surface area contributed by atoms with Gasteiger partial charge in [0.1, 0.15) is 0 Å². The lowest BCUT2D eigenvalue weighted by atomic mass is 9.78. The Labute approximate surface area is 120 Å². The van der Waals surface area contributed by atoms with E-state index in [9.17, 15) is 0 Å². The van der Waals surface area contributed by atoms with E-state index in [0.717, 1.165) is 23.9 Å². The van der Waals surface area contributed by atoms with Crippen LogP contribution in [0.25, 0.3) is 0 Å². The first-order valence-corrected chi connectivity index (χ1v) is 8.54. The topological polar surface area (TPSA) is 15.3 Å². The summed E-state index contributed by atoms with van der Waals surface area (Å²) in [6.45, 7) is 4.80. The summed E-state index contributed by atoms with van der Waals surface area (Å²) in [6.07, 6.45) is 11.3. The van der Waals surface area contributed by atoms with Gasteiger partial charge in [0.2, 0.25) is 0 Å². The molecule has 5 unspecified atom stereocenters. The maximum Gasteiger partial charge on any atom is 0.0251 e. The van der Waals surface area contributed by atoms with Gasteiger partial charge in [-0.1, -0.05) is 33.1 Å². The Balaban J connectivity index is 1.99. The lowest BCUT2D eigenvalue weighted by Gasteiger charge is -2.46. The minimum absolute atomic E-state index is 0.713. The van der Waals surface area contributed by atoms with E-state index in [1.54, 1.807) is 0 Å². The number of rotatable bonds is 4. The van der Waals surface area contributed by atoms with Crippen molar-refractivity contribution in [2.45, 2.75) is 83.3 Å². The summed E-state index contributed by atoms with van der Waals surface area (Å²) < 4.78 is 0. The summed E-state index contributed by atoms with van der Waals surface area (Å²) in [5.41, 5.74) is 0. The van der Waals surface area contributed by atoms with E-state index >= 15 is 0 Å². The van der Waals surface area contributed by atoms with E-state index in [2.05, 4.69) is 38.2 Å². The Bertz CT molecular complexity index is 266. The quantitative estimate of drug-likeness (QED) is 0.835. The predicted molar refractivity (Wildman–Crippen MR) is 83.5 cm³/mol. The van der Waals surface area contributed by atoms with Gasteiger partial charge in [-0.25, -0.2) is 0 Å². The van der Waals surface area contributed by atoms with Crippen LogP contribution in [0, 0.1) is 11.8 Å². The molecule has 0 spiro atoms. The molecule has 2 heteroatoms. The molecule has 2 saturated carbocycles. The molecule has 0 radical (unpaired) electrons. The minimum atomic E-state index is 0.713. The molecule has 0 aromatic carbocycles. The monoisotopic (exact) mass is 266 g/mol. The fourth-order valence-electron chi connectivity index (χ4n) is 4.43. The van der Waals surface area contributed by atoms with Crippen LogP contribution in [-0.4, -0.2) is 37.1 Å². The van der Waals surface area contributed by atoms with Gasteiger partial charge in [-0.15, -0.1) is 0 Å². The van der Waals surface area contributed by atoms with Crippen LogP contribution in [0.2, 0.25) is 0 Å². The van der Waals surface area contributed by atoms with Gasteiger partial charge in [0.15, 0.2) is 0 Å². The Morgan fingerprint density at radius 2 is 1.89 bits per heavy atom. The van der Waals surface area contributed by atoms with E-state index in [1.165, 1.54) is 51.4 Å². The first-order chi connectivity index (χ1) is 9.15. The predicted octanol–water partition coefficient (Wildman–Crippen LogP) is 3.66. The molecule has 0 amide bonds. The SMILES string of the molecule is CCC1CCC(NC)C(N(C)C2CCCC(C)C2)C1. The number of hydrogen-bond donors (Lipinski definition) is 1. The van der Waals surface area contributed by atoms with Crippen LogP contribution < -0.4 is 5.32 Å². The van der Waals surface area contributed by atoms with Crippen LogP contribution in [0.3, 0.4) is 0 Å². The van der Waals surface area contributed by atoms with Crippen LogP contribution in [0.5, 0.6) is 0 Å². The van der Waals surface area contributed by atoms with Gasteiger partial charge in [0, 0.05) is 18.1 Å². The number of likely N-dealkylation sites (N-methyl/N-ethyl adjacent to an activating group) is 2. The Morgan fingerprint density at radius 1 is 1.11 bits per heavy atom. The lowest BCUT2D eigenvalue weighted by Crippen LogP contribution is -2.54. The zero-order chi connectivity index (χ0) is 13.8. The molecule has 0 saturated heterocycles. The zero-order valence-corrected chi connectivity index (χ0v) is 13.5. The Kier molecular flexibility index (Phi) is 5.70. The maximum atomic E-state index is 3.59. The first kappa shape index (κ1) is 15.3. The molecule has 0 aliphatic heterocycles. The van der Waals surface area contributed by atoms with Crippen LogP contribution in [0.15, 0.2) is 0 Å². The molecule has 0 aromatic rings. The molecule has 5 atom stereocenters. The van der Waals surface area contributed by atoms with E-state index < -0.39 is 0 Å². The van der Waals surface area contributed by atoms with Crippen molar-refractivity contribution in [3.05, 3.63) is 0 Å². The van der Waals surface area contributed by atoms with Crippen molar-refractivity contribution in [3.8, 4) is 0 Å². The van der Waals surface area contributed by atoms with Crippen LogP contribution in [0.4, 0.5) is 0 Å². The number of nitrogens with zero attached hydrogens (tertiary/aromatic N) is 1. The van der Waals surface area contributed by atoms with Crippen molar-refractivity contribution in [1.82, 2.24) is 10.2 Å². The van der Waals surface area contributed by atoms with Gasteiger partial charge >= 0.3 is 0 Å². The zero-order valence-electron chi connectivity index (χ0n) is 13.5. The van der Waals surface area contributed by atoms with Crippen molar-refractivity contribution in [1.29, 1.82) is 0 Å². The average molecular weight is 266 g/mol. The lowest BCUT2D eigenvalue weighted by molar-refractivity contribution is 0.0595. The van der Waals surface area contributed by atoms with Gasteiger partial charge in [0.25, 0.3) is 0 Å². The van der Waals surface area contributed by atoms with Crippen molar-refractivity contribution in [2.24, 2.45) is 11.8 Å². The highest BCUT2D eigenvalue weighted by Gasteiger charge is 2.35. The van der Waals surface area contributed by atoms with E-state index in [-0.39, 0.29) is 0 Å². The third-order valence-corrected chi connectivity index (χ3v) is 5.88. The van der Waals surface area contributed by atoms with E-state index in [1.807, 2.05) is 0 Å². The third-order valence-electron chi connectivity index (χ3n) is 5.88. The molecule has 0 bridgehead atoms. The number of hydrogen-bond acceptors (Lipinski definition) is 2. The van der Waals surface area contributed by atoms with Crippen LogP contribution in [0.1, 0.15) is 65.2 Å². The van der Waals surface area contributed by atoms with Crippen molar-refractivity contribution in [2.75, 3.05) is 14.1 Å². The maximum absolute atomic E-state index is 3.59. The van der Waals surface area contributed by atoms with Gasteiger partial charge in [-0.2, -0.15) is 0 Å². The average Bonchev–Trinajstić information content (AvgIpc) is 2.45. The first-order valence-electron chi connectivity index (χ1n) is 8.54. The second kappa shape index (κ2) is 7.08. The minimum Gasteiger partial charge on any atom is -0.315 e. The normalized spacial score (nSPS) is 40.6. The molecule has 19 heavy (non-hydrogen) atoms. The summed E-state index contributed by atoms with van der Waals surface area (Å²) in [4.78, 5) is 2.75. The van der Waals surface area contributed by atoms with Crippen LogP contribution >= 0.6 is 0 Å². The third kappa shape index (κ3) is 3.72. The molecular formula is C17H34N2. The molecule has 112 valence electrons. The molecule has 2 aliphatic rings. The van der Waals surface area contributed by atoms with Crippen LogP contribution in [-0.2, 0) is 0 Å². The van der Waals surface area contributed by atoms with Gasteiger partial charge in [0.05, 0.1) is 0 Å². The molecule has 0 aromatic heterocycles. The van der Waals surface area contributed by atoms with Crippen molar-refractivity contribution < 1.29 is 0 Å². The second-order valence-electron chi connectivity index (χ2n) is 7.14.